The van der Waals surface area contributed by atoms with Gasteiger partial charge in [0.2, 0.25) is 0 Å². The summed E-state index contributed by atoms with van der Waals surface area (Å²) in [6.07, 6.45) is 0. The Bertz CT molecular complexity index is 576. The van der Waals surface area contributed by atoms with Crippen molar-refractivity contribution < 1.29 is 8.42 Å². The molecule has 20 heavy (non-hydrogen) atoms. The van der Waals surface area contributed by atoms with E-state index in [4.69, 9.17) is 0 Å². The molecule has 2 rings (SSSR count). The highest BCUT2D eigenvalue weighted by Crippen LogP contribution is 2.23. The molecule has 1 aliphatic heterocycles. The maximum absolute atomic E-state index is 12.1. The van der Waals surface area contributed by atoms with Crippen molar-refractivity contribution in [3.8, 4) is 0 Å². The molecule has 112 valence electrons. The average Bonchev–Trinajstić information content (AvgIpc) is 2.41. The van der Waals surface area contributed by atoms with Crippen LogP contribution in [0.25, 0.3) is 0 Å². The molecule has 6 heteroatoms. The quantitative estimate of drug-likeness (QED) is 0.843. The third-order valence-electron chi connectivity index (χ3n) is 3.73. The molecule has 0 unspecified atom stereocenters. The molecule has 0 radical (unpaired) electrons. The Hall–Kier alpha value is -1.11. The number of rotatable bonds is 3. The first kappa shape index (κ1) is 15.3. The fraction of sp³-hybridized carbons (Fsp3) is 0.571. The topological polar surface area (TPSA) is 43.9 Å². The molecule has 1 saturated heterocycles. The Morgan fingerprint density at radius 3 is 2.20 bits per heavy atom. The third kappa shape index (κ3) is 2.97. The fourth-order valence-electron chi connectivity index (χ4n) is 2.45. The van der Waals surface area contributed by atoms with Gasteiger partial charge >= 0.3 is 0 Å². The molecule has 0 atom stereocenters. The van der Waals surface area contributed by atoms with Gasteiger partial charge in [0.25, 0.3) is 10.2 Å². The van der Waals surface area contributed by atoms with Gasteiger partial charge in [0.1, 0.15) is 0 Å². The van der Waals surface area contributed by atoms with Crippen LogP contribution in [0.15, 0.2) is 18.2 Å². The van der Waals surface area contributed by atoms with E-state index in [2.05, 4.69) is 36.9 Å². The molecule has 1 fully saturated rings. The Morgan fingerprint density at radius 2 is 1.65 bits per heavy atom. The van der Waals surface area contributed by atoms with E-state index in [0.29, 0.717) is 13.1 Å². The molecular weight excluding hydrogens is 274 g/mol. The lowest BCUT2D eigenvalue weighted by Crippen LogP contribution is -2.51. The van der Waals surface area contributed by atoms with Crippen LogP contribution in [0.1, 0.15) is 11.1 Å². The molecule has 0 spiro atoms. The highest BCUT2D eigenvalue weighted by molar-refractivity contribution is 7.86. The first-order valence-electron chi connectivity index (χ1n) is 6.82. The van der Waals surface area contributed by atoms with Crippen molar-refractivity contribution in [2.24, 2.45) is 0 Å². The van der Waals surface area contributed by atoms with E-state index in [0.717, 1.165) is 13.1 Å². The number of hydrogen-bond donors (Lipinski definition) is 0. The van der Waals surface area contributed by atoms with E-state index in [-0.39, 0.29) is 0 Å². The van der Waals surface area contributed by atoms with Crippen LogP contribution in [0.2, 0.25) is 0 Å². The largest absolute Gasteiger partial charge is 0.369 e. The zero-order valence-electron chi connectivity index (χ0n) is 12.6. The van der Waals surface area contributed by atoms with E-state index in [1.165, 1.54) is 21.1 Å². The summed E-state index contributed by atoms with van der Waals surface area (Å²) in [6, 6.07) is 6.39. The third-order valence-corrected chi connectivity index (χ3v) is 5.67. The summed E-state index contributed by atoms with van der Waals surface area (Å²) in [5, 5.41) is 0. The standard InChI is InChI=1S/C14H23N3O2S/c1-12-5-6-13(2)14(11-12)16-7-9-17(10-8-16)20(18,19)15(3)4/h5-6,11H,7-10H2,1-4H3. The minimum absolute atomic E-state index is 0.536. The van der Waals surface area contributed by atoms with Gasteiger partial charge in [0.05, 0.1) is 0 Å². The molecule has 1 aliphatic rings. The average molecular weight is 297 g/mol. The van der Waals surface area contributed by atoms with E-state index in [9.17, 15) is 8.42 Å². The van der Waals surface area contributed by atoms with Crippen LogP contribution in [0.3, 0.4) is 0 Å². The molecule has 0 bridgehead atoms. The predicted molar refractivity (Wildman–Crippen MR) is 82.3 cm³/mol. The van der Waals surface area contributed by atoms with Crippen molar-refractivity contribution in [1.29, 1.82) is 0 Å². The first-order chi connectivity index (χ1) is 9.32. The number of hydrogen-bond acceptors (Lipinski definition) is 3. The van der Waals surface area contributed by atoms with Crippen LogP contribution in [0.5, 0.6) is 0 Å². The van der Waals surface area contributed by atoms with Gasteiger partial charge in [-0.15, -0.1) is 0 Å². The van der Waals surface area contributed by atoms with Crippen LogP contribution in [0.4, 0.5) is 5.69 Å². The van der Waals surface area contributed by atoms with Crippen molar-refractivity contribution in [2.75, 3.05) is 45.2 Å². The monoisotopic (exact) mass is 297 g/mol. The highest BCUT2D eigenvalue weighted by Gasteiger charge is 2.28. The molecule has 0 amide bonds. The second kappa shape index (κ2) is 5.71. The Morgan fingerprint density at radius 1 is 1.05 bits per heavy atom. The molecule has 1 heterocycles. The number of aryl methyl sites for hydroxylation is 2. The zero-order chi connectivity index (χ0) is 14.9. The van der Waals surface area contributed by atoms with Crippen LogP contribution < -0.4 is 4.90 Å². The van der Waals surface area contributed by atoms with Crippen LogP contribution >= 0.6 is 0 Å². The van der Waals surface area contributed by atoms with Gasteiger partial charge in [-0.05, 0) is 31.0 Å². The Balaban J connectivity index is 2.10. The van der Waals surface area contributed by atoms with Gasteiger partial charge in [-0.1, -0.05) is 12.1 Å². The van der Waals surface area contributed by atoms with Crippen LogP contribution in [-0.4, -0.2) is 57.3 Å². The summed E-state index contributed by atoms with van der Waals surface area (Å²) < 4.78 is 27.0. The van der Waals surface area contributed by atoms with E-state index in [1.54, 1.807) is 18.4 Å². The molecule has 0 aliphatic carbocycles. The molecule has 1 aromatic carbocycles. The number of benzene rings is 1. The lowest BCUT2D eigenvalue weighted by molar-refractivity contribution is 0.355. The first-order valence-corrected chi connectivity index (χ1v) is 8.22. The van der Waals surface area contributed by atoms with Gasteiger partial charge in [0, 0.05) is 46.0 Å². The molecule has 0 saturated carbocycles. The second-order valence-corrected chi connectivity index (χ2v) is 7.61. The summed E-state index contributed by atoms with van der Waals surface area (Å²) in [6.45, 7) is 6.71. The summed E-state index contributed by atoms with van der Waals surface area (Å²) in [7, 11) is -0.132. The van der Waals surface area contributed by atoms with Crippen molar-refractivity contribution in [2.45, 2.75) is 13.8 Å². The van der Waals surface area contributed by atoms with Gasteiger partial charge in [-0.3, -0.25) is 0 Å². The lowest BCUT2D eigenvalue weighted by Gasteiger charge is -2.37. The number of anilines is 1. The molecule has 0 aromatic heterocycles. The van der Waals surface area contributed by atoms with Gasteiger partial charge < -0.3 is 4.90 Å². The molecule has 1 aromatic rings. The summed E-state index contributed by atoms with van der Waals surface area (Å²) in [5.41, 5.74) is 3.68. The smallest absolute Gasteiger partial charge is 0.281 e. The minimum atomic E-state index is -3.28. The van der Waals surface area contributed by atoms with Crippen molar-refractivity contribution in [1.82, 2.24) is 8.61 Å². The Kier molecular flexibility index (Phi) is 4.36. The Labute approximate surface area is 122 Å². The second-order valence-electron chi connectivity index (χ2n) is 5.47. The van der Waals surface area contributed by atoms with Crippen molar-refractivity contribution >= 4 is 15.9 Å². The summed E-state index contributed by atoms with van der Waals surface area (Å²) in [4.78, 5) is 2.27. The summed E-state index contributed by atoms with van der Waals surface area (Å²) >= 11 is 0. The lowest BCUT2D eigenvalue weighted by atomic mass is 10.1. The van der Waals surface area contributed by atoms with E-state index < -0.39 is 10.2 Å². The van der Waals surface area contributed by atoms with Gasteiger partial charge in [-0.25, -0.2) is 0 Å². The molecule has 5 nitrogen and oxygen atoms in total. The minimum Gasteiger partial charge on any atom is -0.369 e. The maximum atomic E-state index is 12.1. The SMILES string of the molecule is Cc1ccc(C)c(N2CCN(S(=O)(=O)N(C)C)CC2)c1. The maximum Gasteiger partial charge on any atom is 0.281 e. The highest BCUT2D eigenvalue weighted by atomic mass is 32.2. The number of piperazine rings is 1. The number of nitrogens with zero attached hydrogens (tertiary/aromatic N) is 3. The van der Waals surface area contributed by atoms with E-state index >= 15 is 0 Å². The van der Waals surface area contributed by atoms with Crippen LogP contribution in [0, 0.1) is 13.8 Å². The summed E-state index contributed by atoms with van der Waals surface area (Å²) in [5.74, 6) is 0. The fourth-order valence-corrected chi connectivity index (χ4v) is 3.54. The molecule has 0 N–H and O–H groups in total. The normalized spacial score (nSPS) is 17.8. The van der Waals surface area contributed by atoms with Crippen molar-refractivity contribution in [3.05, 3.63) is 29.3 Å². The van der Waals surface area contributed by atoms with Crippen molar-refractivity contribution in [3.63, 3.8) is 0 Å². The molecular formula is C14H23N3O2S. The van der Waals surface area contributed by atoms with Gasteiger partial charge in [-0.2, -0.15) is 17.0 Å². The zero-order valence-corrected chi connectivity index (χ0v) is 13.4. The predicted octanol–water partition coefficient (Wildman–Crippen LogP) is 1.23. The van der Waals surface area contributed by atoms with Crippen LogP contribution in [-0.2, 0) is 10.2 Å². The van der Waals surface area contributed by atoms with Gasteiger partial charge in [0.15, 0.2) is 0 Å². The van der Waals surface area contributed by atoms with E-state index in [1.807, 2.05) is 0 Å².